The molecule has 5 heteroatoms. The smallest absolute Gasteiger partial charge is 0.339 e. The molecule has 0 saturated heterocycles. The van der Waals surface area contributed by atoms with Crippen molar-refractivity contribution < 1.29 is 14.3 Å². The van der Waals surface area contributed by atoms with Gasteiger partial charge >= 0.3 is 5.97 Å². The number of fused-ring (bicyclic) bond motifs is 2. The van der Waals surface area contributed by atoms with E-state index in [0.29, 0.717) is 5.56 Å². The van der Waals surface area contributed by atoms with E-state index in [9.17, 15) is 9.59 Å². The average molecular weight is 352 g/mol. The van der Waals surface area contributed by atoms with Gasteiger partial charge < -0.3 is 10.1 Å². The number of para-hydroxylation sites is 1. The second kappa shape index (κ2) is 7.06. The Morgan fingerprint density at radius 1 is 1.15 bits per heavy atom. The molecule has 4 rings (SSSR count). The van der Waals surface area contributed by atoms with Crippen LogP contribution in [-0.2, 0) is 22.4 Å². The van der Waals surface area contributed by atoms with Crippen LogP contribution in [0.5, 0.6) is 0 Å². The molecule has 0 unspecified atom stereocenters. The Hall–Kier alpha value is -2.43. The van der Waals surface area contributed by atoms with E-state index in [1.165, 1.54) is 0 Å². The Kier molecular flexibility index (Phi) is 4.62. The molecule has 0 radical (unpaired) electrons. The highest BCUT2D eigenvalue weighted by Crippen LogP contribution is 2.30. The SMILES string of the molecule is C[C@@H](OC(=O)c1c2c(nc3ccccc13)CCC2)C(=O)NC1CCCC1. The summed E-state index contributed by atoms with van der Waals surface area (Å²) in [4.78, 5) is 30.0. The third-order valence-corrected chi connectivity index (χ3v) is 5.48. The Morgan fingerprint density at radius 3 is 2.73 bits per heavy atom. The number of nitrogens with one attached hydrogen (secondary N) is 1. The molecule has 1 atom stereocenters. The maximum absolute atomic E-state index is 12.9. The van der Waals surface area contributed by atoms with Crippen molar-refractivity contribution in [2.75, 3.05) is 0 Å². The molecule has 5 nitrogen and oxygen atoms in total. The third kappa shape index (κ3) is 3.18. The standard InChI is InChI=1S/C21H24N2O3/c1-13(20(24)22-14-7-2-3-8-14)26-21(25)19-15-9-4-5-11-17(15)23-18-12-6-10-16(18)19/h4-5,9,11,13-14H,2-3,6-8,10,12H2,1H3,(H,22,24)/t13-/m1/s1. The van der Waals surface area contributed by atoms with E-state index < -0.39 is 12.1 Å². The first-order chi connectivity index (χ1) is 12.6. The van der Waals surface area contributed by atoms with Gasteiger partial charge in [0.25, 0.3) is 5.91 Å². The Bertz CT molecular complexity index is 856. The van der Waals surface area contributed by atoms with Crippen LogP contribution in [0.4, 0.5) is 0 Å². The summed E-state index contributed by atoms with van der Waals surface area (Å²) >= 11 is 0. The Morgan fingerprint density at radius 2 is 1.92 bits per heavy atom. The number of ether oxygens (including phenoxy) is 1. The molecule has 26 heavy (non-hydrogen) atoms. The number of hydrogen-bond acceptors (Lipinski definition) is 4. The summed E-state index contributed by atoms with van der Waals surface area (Å²) in [6, 6.07) is 7.86. The molecular formula is C21H24N2O3. The predicted octanol–water partition coefficient (Wildman–Crippen LogP) is 3.33. The van der Waals surface area contributed by atoms with E-state index in [-0.39, 0.29) is 11.9 Å². The fraction of sp³-hybridized carbons (Fsp3) is 0.476. The van der Waals surface area contributed by atoms with Gasteiger partial charge in [-0.2, -0.15) is 0 Å². The lowest BCUT2D eigenvalue weighted by molar-refractivity contribution is -0.129. The van der Waals surface area contributed by atoms with Crippen molar-refractivity contribution in [1.29, 1.82) is 0 Å². The zero-order valence-electron chi connectivity index (χ0n) is 15.1. The largest absolute Gasteiger partial charge is 0.449 e. The molecule has 1 amide bonds. The lowest BCUT2D eigenvalue weighted by Gasteiger charge is -2.18. The molecule has 2 aromatic rings. The molecule has 1 heterocycles. The molecule has 1 aromatic heterocycles. The zero-order chi connectivity index (χ0) is 18.1. The van der Waals surface area contributed by atoms with Gasteiger partial charge in [-0.15, -0.1) is 0 Å². The summed E-state index contributed by atoms with van der Waals surface area (Å²) in [5, 5.41) is 3.80. The maximum atomic E-state index is 12.9. The quantitative estimate of drug-likeness (QED) is 0.857. The van der Waals surface area contributed by atoms with E-state index in [2.05, 4.69) is 5.32 Å². The van der Waals surface area contributed by atoms with Crippen molar-refractivity contribution in [2.45, 2.75) is 64.0 Å². The van der Waals surface area contributed by atoms with Crippen molar-refractivity contribution in [1.82, 2.24) is 10.3 Å². The normalized spacial score (nSPS) is 17.9. The number of carbonyl (C=O) groups is 2. The van der Waals surface area contributed by atoms with Crippen LogP contribution in [0.2, 0.25) is 0 Å². The predicted molar refractivity (Wildman–Crippen MR) is 99.0 cm³/mol. The van der Waals surface area contributed by atoms with Crippen LogP contribution in [0.1, 0.15) is 60.6 Å². The zero-order valence-corrected chi connectivity index (χ0v) is 15.1. The fourth-order valence-electron chi connectivity index (χ4n) is 4.11. The van der Waals surface area contributed by atoms with Gasteiger partial charge in [0.15, 0.2) is 6.10 Å². The molecule has 2 aliphatic carbocycles. The molecule has 1 fully saturated rings. The summed E-state index contributed by atoms with van der Waals surface area (Å²) in [6.45, 7) is 1.64. The number of benzene rings is 1. The van der Waals surface area contributed by atoms with Crippen LogP contribution < -0.4 is 5.32 Å². The van der Waals surface area contributed by atoms with Crippen LogP contribution in [-0.4, -0.2) is 29.0 Å². The van der Waals surface area contributed by atoms with Gasteiger partial charge in [-0.3, -0.25) is 9.78 Å². The van der Waals surface area contributed by atoms with Gasteiger partial charge in [0.2, 0.25) is 0 Å². The second-order valence-electron chi connectivity index (χ2n) is 7.32. The van der Waals surface area contributed by atoms with Gasteiger partial charge in [0.1, 0.15) is 0 Å². The first-order valence-corrected chi connectivity index (χ1v) is 9.55. The minimum absolute atomic E-state index is 0.208. The van der Waals surface area contributed by atoms with E-state index in [0.717, 1.165) is 67.1 Å². The topological polar surface area (TPSA) is 68.3 Å². The third-order valence-electron chi connectivity index (χ3n) is 5.48. The van der Waals surface area contributed by atoms with E-state index >= 15 is 0 Å². The number of aromatic nitrogens is 1. The molecule has 2 aliphatic rings. The van der Waals surface area contributed by atoms with Crippen LogP contribution in [0.25, 0.3) is 10.9 Å². The number of aryl methyl sites for hydroxylation is 1. The number of carbonyl (C=O) groups excluding carboxylic acids is 2. The molecule has 0 aliphatic heterocycles. The minimum Gasteiger partial charge on any atom is -0.449 e. The van der Waals surface area contributed by atoms with Crippen molar-refractivity contribution >= 4 is 22.8 Å². The molecular weight excluding hydrogens is 328 g/mol. The molecule has 1 N–H and O–H groups in total. The first kappa shape index (κ1) is 17.0. The number of nitrogens with zero attached hydrogens (tertiary/aromatic N) is 1. The highest BCUT2D eigenvalue weighted by atomic mass is 16.5. The molecule has 0 bridgehead atoms. The van der Waals surface area contributed by atoms with Crippen molar-refractivity contribution in [3.05, 3.63) is 41.1 Å². The monoisotopic (exact) mass is 352 g/mol. The minimum atomic E-state index is -0.799. The van der Waals surface area contributed by atoms with Crippen LogP contribution >= 0.6 is 0 Å². The first-order valence-electron chi connectivity index (χ1n) is 9.55. The van der Waals surface area contributed by atoms with Gasteiger partial charge in [-0.25, -0.2) is 4.79 Å². The summed E-state index contributed by atoms with van der Waals surface area (Å²) in [5.41, 5.74) is 3.36. The van der Waals surface area contributed by atoms with Crippen LogP contribution in [0.3, 0.4) is 0 Å². The number of pyridine rings is 1. The van der Waals surface area contributed by atoms with E-state index in [1.807, 2.05) is 24.3 Å². The second-order valence-corrected chi connectivity index (χ2v) is 7.32. The van der Waals surface area contributed by atoms with Gasteiger partial charge in [-0.1, -0.05) is 31.0 Å². The number of amides is 1. The van der Waals surface area contributed by atoms with Crippen molar-refractivity contribution in [3.8, 4) is 0 Å². The average Bonchev–Trinajstić information content (AvgIpc) is 3.30. The summed E-state index contributed by atoms with van der Waals surface area (Å²) in [6.07, 6.45) is 6.23. The van der Waals surface area contributed by atoms with E-state index in [4.69, 9.17) is 9.72 Å². The number of hydrogen-bond donors (Lipinski definition) is 1. The van der Waals surface area contributed by atoms with Gasteiger partial charge in [-0.05, 0) is 50.7 Å². The van der Waals surface area contributed by atoms with Crippen LogP contribution in [0.15, 0.2) is 24.3 Å². The molecule has 1 aromatic carbocycles. The molecule has 1 saturated carbocycles. The summed E-state index contributed by atoms with van der Waals surface area (Å²) in [5.74, 6) is -0.629. The van der Waals surface area contributed by atoms with Crippen molar-refractivity contribution in [3.63, 3.8) is 0 Å². The van der Waals surface area contributed by atoms with Crippen LogP contribution in [0, 0.1) is 0 Å². The lowest BCUT2D eigenvalue weighted by Crippen LogP contribution is -2.41. The van der Waals surface area contributed by atoms with E-state index in [1.54, 1.807) is 6.92 Å². The van der Waals surface area contributed by atoms with Gasteiger partial charge in [0.05, 0.1) is 11.1 Å². The highest BCUT2D eigenvalue weighted by molar-refractivity contribution is 6.06. The number of esters is 1. The molecule has 0 spiro atoms. The number of rotatable bonds is 4. The Balaban J connectivity index is 1.57. The summed E-state index contributed by atoms with van der Waals surface area (Å²) in [7, 11) is 0. The van der Waals surface area contributed by atoms with Crippen molar-refractivity contribution in [2.24, 2.45) is 0 Å². The summed E-state index contributed by atoms with van der Waals surface area (Å²) < 4.78 is 5.56. The molecule has 136 valence electrons. The van der Waals surface area contributed by atoms with Gasteiger partial charge in [0, 0.05) is 17.1 Å². The maximum Gasteiger partial charge on any atom is 0.339 e. The highest BCUT2D eigenvalue weighted by Gasteiger charge is 2.28. The lowest BCUT2D eigenvalue weighted by atomic mass is 10.0. The fourth-order valence-corrected chi connectivity index (χ4v) is 4.11. The Labute approximate surface area is 153 Å².